The minimum absolute atomic E-state index is 0.0219. The maximum absolute atomic E-state index is 14.1. The highest BCUT2D eigenvalue weighted by atomic mass is 32.1. The van der Waals surface area contributed by atoms with E-state index >= 15 is 0 Å². The second-order valence-electron chi connectivity index (χ2n) is 19.4. The van der Waals surface area contributed by atoms with E-state index in [0.29, 0.717) is 56.5 Å². The zero-order chi connectivity index (χ0) is 50.4. The Hall–Kier alpha value is -6.40. The number of aryl methyl sites for hydroxylation is 1. The summed E-state index contributed by atoms with van der Waals surface area (Å²) in [7, 11) is 0. The molecule has 4 atom stereocenters. The first-order chi connectivity index (χ1) is 34.0. The number of aromatic nitrogens is 1. The highest BCUT2D eigenvalue weighted by Gasteiger charge is 2.44. The van der Waals surface area contributed by atoms with E-state index in [0.717, 1.165) is 42.2 Å². The number of piperazine rings is 1. The van der Waals surface area contributed by atoms with Gasteiger partial charge in [-0.1, -0.05) is 57.2 Å². The summed E-state index contributed by atoms with van der Waals surface area (Å²) in [5, 5.41) is 27.4. The molecular weight excluding hydrogens is 944 g/mol. The molecule has 0 spiro atoms. The molecule has 0 aliphatic carbocycles. The van der Waals surface area contributed by atoms with Gasteiger partial charge in [0.15, 0.2) is 5.75 Å². The summed E-state index contributed by atoms with van der Waals surface area (Å²) in [6, 6.07) is 24.8. The Kier molecular flexibility index (Phi) is 16.0. The summed E-state index contributed by atoms with van der Waals surface area (Å²) in [6.07, 6.45) is -0.248. The molecule has 2 aliphatic rings. The first-order valence-corrected chi connectivity index (χ1v) is 25.7. The zero-order valence-electron chi connectivity index (χ0n) is 40.7. The largest absolute Gasteiger partial charge is 0.508 e. The molecule has 2 fully saturated rings. The van der Waals surface area contributed by atoms with Crippen molar-refractivity contribution in [3.05, 3.63) is 114 Å². The lowest BCUT2D eigenvalue weighted by molar-refractivity contribution is -0.144. The monoisotopic (exact) mass is 1000 g/mol. The fourth-order valence-corrected chi connectivity index (χ4v) is 11.1. The number of fused-ring (bicyclic) bond motifs is 1. The lowest BCUT2D eigenvalue weighted by Crippen LogP contribution is -2.57. The quantitative estimate of drug-likeness (QED) is 0.0694. The number of phenols is 1. The Balaban J connectivity index is 0.760. The van der Waals surface area contributed by atoms with Crippen molar-refractivity contribution in [2.24, 2.45) is 5.41 Å². The van der Waals surface area contributed by atoms with Crippen LogP contribution in [-0.4, -0.2) is 117 Å². The molecule has 4 amide bonds. The fourth-order valence-electron chi connectivity index (χ4n) is 9.08. The average molecular weight is 1010 g/mol. The third kappa shape index (κ3) is 12.6. The Morgan fingerprint density at radius 2 is 1.61 bits per heavy atom. The molecule has 2 saturated heterocycles. The lowest BCUT2D eigenvalue weighted by Gasteiger charge is -2.39. The highest BCUT2D eigenvalue weighted by molar-refractivity contribution is 7.22. The van der Waals surface area contributed by atoms with Gasteiger partial charge < -0.3 is 40.1 Å². The minimum Gasteiger partial charge on any atom is -0.508 e. The Bertz CT molecular complexity index is 2830. The average Bonchev–Trinajstić information content (AvgIpc) is 4.06. The van der Waals surface area contributed by atoms with Crippen molar-refractivity contribution in [1.29, 1.82) is 0 Å². The molecule has 6 aromatic rings. The number of amides is 4. The van der Waals surface area contributed by atoms with Crippen molar-refractivity contribution in [1.82, 2.24) is 30.3 Å². The summed E-state index contributed by atoms with van der Waals surface area (Å²) < 4.78 is 27.1. The highest BCUT2D eigenvalue weighted by Crippen LogP contribution is 2.47. The number of halogens is 1. The maximum atomic E-state index is 14.1. The smallest absolute Gasteiger partial charge is 0.246 e. The summed E-state index contributed by atoms with van der Waals surface area (Å²) in [5.41, 5.74) is 4.80. The second kappa shape index (κ2) is 22.4. The SMILES string of the molecule is Cc1ncsc1-c1ccc(CNC(=O)[C@@H]2C[C@@H](O)CN2C(=O)C(NC(=O)CCCC(=O)N2CCN(CCOc3ccc(Oc4c(-c5ccc(F)cc5)sc5cc(O)ccc45)cc3)[C@@H](C)C2)C(C)(C)C)cc1. The van der Waals surface area contributed by atoms with Gasteiger partial charge in [-0.2, -0.15) is 0 Å². The summed E-state index contributed by atoms with van der Waals surface area (Å²) >= 11 is 3.03. The number of carbonyl (C=O) groups excluding carboxylic acids is 4. The summed E-state index contributed by atoms with van der Waals surface area (Å²) in [5.74, 6) is 0.517. The van der Waals surface area contributed by atoms with Crippen molar-refractivity contribution < 1.29 is 43.3 Å². The van der Waals surface area contributed by atoms with Crippen molar-refractivity contribution in [3.63, 3.8) is 0 Å². The van der Waals surface area contributed by atoms with Crippen molar-refractivity contribution >= 4 is 56.4 Å². The molecule has 4 N–H and O–H groups in total. The van der Waals surface area contributed by atoms with E-state index in [1.165, 1.54) is 28.4 Å². The molecule has 17 heteroatoms. The van der Waals surface area contributed by atoms with Crippen LogP contribution in [0.5, 0.6) is 23.0 Å². The van der Waals surface area contributed by atoms with E-state index in [2.05, 4.69) is 27.4 Å². The summed E-state index contributed by atoms with van der Waals surface area (Å²) in [6.45, 7) is 12.7. The number of hydrogen-bond acceptors (Lipinski definition) is 12. The molecule has 0 radical (unpaired) electrons. The normalized spacial score (nSPS) is 17.8. The second-order valence-corrected chi connectivity index (χ2v) is 21.3. The van der Waals surface area contributed by atoms with Gasteiger partial charge >= 0.3 is 0 Å². The molecular formula is C54H61FN6O8S2. The number of carbonyl (C=O) groups is 4. The molecule has 4 heterocycles. The molecule has 374 valence electrons. The van der Waals surface area contributed by atoms with E-state index < -0.39 is 29.5 Å². The van der Waals surface area contributed by atoms with Crippen LogP contribution in [0.3, 0.4) is 0 Å². The molecule has 0 bridgehead atoms. The van der Waals surface area contributed by atoms with Crippen molar-refractivity contribution in [2.75, 3.05) is 39.3 Å². The van der Waals surface area contributed by atoms with Gasteiger partial charge in [0.2, 0.25) is 23.6 Å². The third-order valence-electron chi connectivity index (χ3n) is 13.0. The van der Waals surface area contributed by atoms with Crippen LogP contribution in [0.4, 0.5) is 4.39 Å². The predicted octanol–water partition coefficient (Wildman–Crippen LogP) is 8.53. The van der Waals surface area contributed by atoms with Gasteiger partial charge in [-0.05, 0) is 97.0 Å². The number of ether oxygens (including phenoxy) is 2. The van der Waals surface area contributed by atoms with Gasteiger partial charge in [-0.15, -0.1) is 22.7 Å². The number of aromatic hydroxyl groups is 1. The third-order valence-corrected chi connectivity index (χ3v) is 15.2. The Labute approximate surface area is 421 Å². The number of β-amino-alcohol motifs (C(OH)–C–C–N with tert-alkyl or cyclic N) is 1. The molecule has 1 unspecified atom stereocenters. The van der Waals surface area contributed by atoms with Gasteiger partial charge in [0.1, 0.15) is 41.8 Å². The minimum atomic E-state index is -0.959. The van der Waals surface area contributed by atoms with Crippen molar-refractivity contribution in [2.45, 2.75) is 91.1 Å². The molecule has 71 heavy (non-hydrogen) atoms. The predicted molar refractivity (Wildman–Crippen MR) is 274 cm³/mol. The number of hydrogen-bond donors (Lipinski definition) is 4. The van der Waals surface area contributed by atoms with Crippen LogP contribution in [0.1, 0.15) is 64.6 Å². The van der Waals surface area contributed by atoms with Crippen LogP contribution in [0.2, 0.25) is 0 Å². The van der Waals surface area contributed by atoms with Crippen LogP contribution in [0.25, 0.3) is 31.0 Å². The summed E-state index contributed by atoms with van der Waals surface area (Å²) in [4.78, 5) is 66.0. The fraction of sp³-hybridized carbons (Fsp3) is 0.389. The number of aliphatic hydroxyl groups is 1. The number of thiophene rings is 1. The van der Waals surface area contributed by atoms with Crippen LogP contribution in [0, 0.1) is 18.2 Å². The first kappa shape index (κ1) is 51.0. The topological polar surface area (TPSA) is 174 Å². The number of phenolic OH excluding ortho intramolecular Hbond substituents is 1. The van der Waals surface area contributed by atoms with Crippen LogP contribution in [0.15, 0.2) is 96.5 Å². The molecule has 8 rings (SSSR count). The van der Waals surface area contributed by atoms with E-state index in [1.807, 2.05) is 92.7 Å². The van der Waals surface area contributed by atoms with Gasteiger partial charge in [0.05, 0.1) is 27.1 Å². The van der Waals surface area contributed by atoms with Crippen LogP contribution >= 0.6 is 22.7 Å². The molecule has 2 aromatic heterocycles. The van der Waals surface area contributed by atoms with Crippen LogP contribution in [-0.2, 0) is 25.7 Å². The number of aliphatic hydroxyl groups excluding tert-OH is 1. The van der Waals surface area contributed by atoms with Gasteiger partial charge in [-0.25, -0.2) is 9.37 Å². The number of benzene rings is 4. The van der Waals surface area contributed by atoms with E-state index in [-0.39, 0.29) is 67.7 Å². The van der Waals surface area contributed by atoms with Gasteiger partial charge in [0, 0.05) is 74.7 Å². The van der Waals surface area contributed by atoms with E-state index in [4.69, 9.17) is 9.47 Å². The van der Waals surface area contributed by atoms with E-state index in [1.54, 1.807) is 35.6 Å². The molecule has 2 aliphatic heterocycles. The van der Waals surface area contributed by atoms with Gasteiger partial charge in [0.25, 0.3) is 0 Å². The standard InChI is InChI=1S/C54H61FN6O8S2/c1-33-30-60(24-23-59(33)25-26-68-41-18-20-42(21-19-41)69-48-43-22-17-39(62)28-45(43)71-50(48)37-13-15-38(55)16-14-37)47(65)8-6-7-46(64)58-51(54(3,4)5)53(67)61-31-40(63)27-44(61)52(66)56-29-35-9-11-36(12-10-35)49-34(2)57-32-70-49/h9-22,28,32-33,40,44,51,62-63H,6-8,23-27,29-31H2,1-5H3,(H,56,66)(H,58,64)/t33-,40+,44-,51?/m0/s1. The zero-order valence-corrected chi connectivity index (χ0v) is 42.3. The molecule has 0 saturated carbocycles. The Morgan fingerprint density at radius 3 is 2.30 bits per heavy atom. The van der Waals surface area contributed by atoms with Gasteiger partial charge in [-0.3, -0.25) is 24.1 Å². The lowest BCUT2D eigenvalue weighted by atomic mass is 9.85. The number of nitrogens with one attached hydrogen (secondary N) is 2. The number of thiazole rings is 1. The molecule has 4 aromatic carbocycles. The molecule has 14 nitrogen and oxygen atoms in total. The maximum Gasteiger partial charge on any atom is 0.246 e. The number of rotatable bonds is 17. The first-order valence-electron chi connectivity index (χ1n) is 24.0. The van der Waals surface area contributed by atoms with Crippen LogP contribution < -0.4 is 20.1 Å². The number of likely N-dealkylation sites (tertiary alicyclic amines) is 1. The Morgan fingerprint density at radius 1 is 0.901 bits per heavy atom. The van der Waals surface area contributed by atoms with Crippen molar-refractivity contribution in [3.8, 4) is 43.9 Å². The number of nitrogens with zero attached hydrogens (tertiary/aromatic N) is 4. The van der Waals surface area contributed by atoms with E-state index in [9.17, 15) is 33.8 Å².